The smallest absolute Gasteiger partial charge is 0.106 e. The fourth-order valence-corrected chi connectivity index (χ4v) is 3.62. The van der Waals surface area contributed by atoms with E-state index in [2.05, 4.69) is 44.8 Å². The second-order valence-electron chi connectivity index (χ2n) is 6.25. The molecule has 0 unspecified atom stereocenters. The number of piperidine rings is 1. The average molecular weight is 338 g/mol. The lowest BCUT2D eigenvalue weighted by molar-refractivity contribution is 0.326. The van der Waals surface area contributed by atoms with Gasteiger partial charge < -0.3 is 4.90 Å². The Hall–Kier alpha value is -0.610. The fourth-order valence-electron chi connectivity index (χ4n) is 3.27. The fraction of sp³-hybridized carbons (Fsp3) is 0.688. The highest BCUT2D eigenvalue weighted by Crippen LogP contribution is 2.28. The molecule has 3 nitrogen and oxygen atoms in total. The van der Waals surface area contributed by atoms with Crippen LogP contribution in [0.15, 0.2) is 16.7 Å². The predicted octanol–water partition coefficient (Wildman–Crippen LogP) is 3.68. The first kappa shape index (κ1) is 14.3. The highest BCUT2D eigenvalue weighted by molar-refractivity contribution is 9.10. The Labute approximate surface area is 130 Å². The molecule has 4 heteroatoms. The maximum atomic E-state index is 4.76. The third-order valence-electron chi connectivity index (χ3n) is 4.61. The van der Waals surface area contributed by atoms with Gasteiger partial charge in [-0.3, -0.25) is 4.90 Å². The molecule has 0 spiro atoms. The third-order valence-corrected chi connectivity index (χ3v) is 5.05. The summed E-state index contributed by atoms with van der Waals surface area (Å²) < 4.78 is 0.959. The van der Waals surface area contributed by atoms with E-state index in [1.54, 1.807) is 0 Å². The van der Waals surface area contributed by atoms with Crippen molar-refractivity contribution in [2.75, 3.05) is 31.1 Å². The zero-order valence-corrected chi connectivity index (χ0v) is 13.9. The van der Waals surface area contributed by atoms with Gasteiger partial charge in [0.25, 0.3) is 0 Å². The molecule has 0 aromatic carbocycles. The van der Waals surface area contributed by atoms with Crippen molar-refractivity contribution < 1.29 is 0 Å². The summed E-state index contributed by atoms with van der Waals surface area (Å²) >= 11 is 3.53. The van der Waals surface area contributed by atoms with Gasteiger partial charge in [0.2, 0.25) is 0 Å². The summed E-state index contributed by atoms with van der Waals surface area (Å²) in [4.78, 5) is 9.83. The number of aromatic nitrogens is 1. The first-order chi connectivity index (χ1) is 9.72. The molecule has 0 N–H and O–H groups in total. The van der Waals surface area contributed by atoms with Crippen LogP contribution in [0.5, 0.6) is 0 Å². The van der Waals surface area contributed by atoms with E-state index in [0.29, 0.717) is 0 Å². The van der Waals surface area contributed by atoms with Crippen LogP contribution in [0.25, 0.3) is 0 Å². The van der Waals surface area contributed by atoms with Crippen LogP contribution in [-0.2, 0) is 6.54 Å². The van der Waals surface area contributed by atoms with Crippen molar-refractivity contribution in [2.24, 2.45) is 5.92 Å². The molecule has 110 valence electrons. The van der Waals surface area contributed by atoms with Crippen LogP contribution in [0, 0.1) is 5.92 Å². The minimum atomic E-state index is 0.872. The van der Waals surface area contributed by atoms with Gasteiger partial charge in [-0.2, -0.15) is 0 Å². The molecule has 2 aliphatic rings. The molecule has 0 aliphatic carbocycles. The number of pyridine rings is 1. The summed E-state index contributed by atoms with van der Waals surface area (Å²) in [6.07, 6.45) is 5.29. The number of halogens is 1. The van der Waals surface area contributed by atoms with Gasteiger partial charge in [0.1, 0.15) is 4.60 Å². The zero-order chi connectivity index (χ0) is 13.9. The molecule has 1 aromatic rings. The van der Waals surface area contributed by atoms with Crippen molar-refractivity contribution in [1.29, 1.82) is 0 Å². The van der Waals surface area contributed by atoms with Crippen LogP contribution < -0.4 is 4.90 Å². The van der Waals surface area contributed by atoms with E-state index >= 15 is 0 Å². The normalized spacial score (nSPS) is 21.6. The van der Waals surface area contributed by atoms with Crippen LogP contribution in [0.1, 0.15) is 38.3 Å². The average Bonchev–Trinajstić information content (AvgIpc) is 2.93. The van der Waals surface area contributed by atoms with E-state index < -0.39 is 0 Å². The van der Waals surface area contributed by atoms with Crippen LogP contribution in [-0.4, -0.2) is 36.1 Å². The maximum absolute atomic E-state index is 4.76. The number of nitrogens with zero attached hydrogens (tertiary/aromatic N) is 3. The number of hydrogen-bond acceptors (Lipinski definition) is 3. The van der Waals surface area contributed by atoms with Crippen molar-refractivity contribution in [1.82, 2.24) is 9.88 Å². The van der Waals surface area contributed by atoms with Crippen LogP contribution in [0.3, 0.4) is 0 Å². The molecule has 2 aliphatic heterocycles. The third kappa shape index (κ3) is 3.34. The minimum Gasteiger partial charge on any atom is -0.370 e. The Bertz CT molecular complexity index is 449. The van der Waals surface area contributed by atoms with Crippen LogP contribution in [0.2, 0.25) is 0 Å². The van der Waals surface area contributed by atoms with E-state index in [-0.39, 0.29) is 0 Å². The van der Waals surface area contributed by atoms with Gasteiger partial charge in [0.05, 0.1) is 11.4 Å². The van der Waals surface area contributed by atoms with Gasteiger partial charge in [-0.15, -0.1) is 0 Å². The van der Waals surface area contributed by atoms with Crippen molar-refractivity contribution in [2.45, 2.75) is 39.2 Å². The zero-order valence-electron chi connectivity index (χ0n) is 12.3. The summed E-state index contributed by atoms with van der Waals surface area (Å²) in [6.45, 7) is 8.17. The Balaban J connectivity index is 1.78. The molecule has 0 amide bonds. The lowest BCUT2D eigenvalue weighted by Gasteiger charge is -2.33. The highest BCUT2D eigenvalue weighted by Gasteiger charge is 2.21. The molecule has 0 radical (unpaired) electrons. The van der Waals surface area contributed by atoms with Gasteiger partial charge in [0.15, 0.2) is 0 Å². The van der Waals surface area contributed by atoms with Crippen molar-refractivity contribution in [3.8, 4) is 0 Å². The van der Waals surface area contributed by atoms with Crippen molar-refractivity contribution >= 4 is 21.6 Å². The Morgan fingerprint density at radius 2 is 1.85 bits per heavy atom. The molecule has 0 saturated carbocycles. The summed E-state index contributed by atoms with van der Waals surface area (Å²) in [7, 11) is 0. The number of likely N-dealkylation sites (tertiary alicyclic amines) is 1. The van der Waals surface area contributed by atoms with E-state index in [4.69, 9.17) is 4.98 Å². The van der Waals surface area contributed by atoms with E-state index in [0.717, 1.165) is 17.1 Å². The summed E-state index contributed by atoms with van der Waals surface area (Å²) in [5.41, 5.74) is 2.60. The lowest BCUT2D eigenvalue weighted by Crippen LogP contribution is -2.34. The highest BCUT2D eigenvalue weighted by atomic mass is 79.9. The van der Waals surface area contributed by atoms with Crippen LogP contribution >= 0.6 is 15.9 Å². The first-order valence-corrected chi connectivity index (χ1v) is 8.64. The quantitative estimate of drug-likeness (QED) is 0.784. The molecule has 3 heterocycles. The number of anilines is 1. The lowest BCUT2D eigenvalue weighted by atomic mass is 9.98. The molecule has 0 bridgehead atoms. The Kier molecular flexibility index (Phi) is 4.61. The number of rotatable bonds is 3. The SMILES string of the molecule is CC1CCN(c2ccc(Br)nc2CN2CCCC2)CC1. The largest absolute Gasteiger partial charge is 0.370 e. The second-order valence-corrected chi connectivity index (χ2v) is 7.07. The van der Waals surface area contributed by atoms with Gasteiger partial charge >= 0.3 is 0 Å². The van der Waals surface area contributed by atoms with Crippen molar-refractivity contribution in [3.63, 3.8) is 0 Å². The van der Waals surface area contributed by atoms with Gasteiger partial charge in [-0.25, -0.2) is 4.98 Å². The van der Waals surface area contributed by atoms with Crippen LogP contribution in [0.4, 0.5) is 5.69 Å². The van der Waals surface area contributed by atoms with E-state index in [1.807, 2.05) is 0 Å². The standard InChI is InChI=1S/C16H24BrN3/c1-13-6-10-20(11-7-13)15-4-5-16(17)18-14(15)12-19-8-2-3-9-19/h4-5,13H,2-3,6-12H2,1H3. The molecule has 1 aromatic heterocycles. The molecule has 3 rings (SSSR count). The predicted molar refractivity (Wildman–Crippen MR) is 87.1 cm³/mol. The summed E-state index contributed by atoms with van der Waals surface area (Å²) in [5, 5.41) is 0. The summed E-state index contributed by atoms with van der Waals surface area (Å²) in [6, 6.07) is 4.33. The minimum absolute atomic E-state index is 0.872. The molecular formula is C16H24BrN3. The Morgan fingerprint density at radius 1 is 1.15 bits per heavy atom. The summed E-state index contributed by atoms with van der Waals surface area (Å²) in [5.74, 6) is 0.872. The number of hydrogen-bond donors (Lipinski definition) is 0. The molecular weight excluding hydrogens is 314 g/mol. The first-order valence-electron chi connectivity index (χ1n) is 7.85. The molecule has 2 fully saturated rings. The van der Waals surface area contributed by atoms with E-state index in [9.17, 15) is 0 Å². The monoisotopic (exact) mass is 337 g/mol. The van der Waals surface area contributed by atoms with Gasteiger partial charge in [-0.05, 0) is 72.8 Å². The van der Waals surface area contributed by atoms with Gasteiger partial charge in [-0.1, -0.05) is 6.92 Å². The van der Waals surface area contributed by atoms with Crippen molar-refractivity contribution in [3.05, 3.63) is 22.4 Å². The topological polar surface area (TPSA) is 19.4 Å². The molecule has 2 saturated heterocycles. The van der Waals surface area contributed by atoms with E-state index in [1.165, 1.54) is 63.2 Å². The maximum Gasteiger partial charge on any atom is 0.106 e. The Morgan fingerprint density at radius 3 is 2.55 bits per heavy atom. The molecule has 0 atom stereocenters. The second kappa shape index (κ2) is 6.44. The van der Waals surface area contributed by atoms with Gasteiger partial charge in [0, 0.05) is 19.6 Å². The molecule has 20 heavy (non-hydrogen) atoms.